The van der Waals surface area contributed by atoms with E-state index in [1.807, 2.05) is 44.2 Å². The van der Waals surface area contributed by atoms with Crippen LogP contribution in [0.2, 0.25) is 0 Å². The Hall–Kier alpha value is -3.60. The van der Waals surface area contributed by atoms with Crippen LogP contribution in [-0.2, 0) is 11.2 Å². The van der Waals surface area contributed by atoms with Crippen LogP contribution in [0.15, 0.2) is 78.9 Å². The van der Waals surface area contributed by atoms with Gasteiger partial charge in [0.15, 0.2) is 0 Å². The second-order valence-corrected chi connectivity index (χ2v) is 7.49. The fourth-order valence-electron chi connectivity index (χ4n) is 2.86. The molecule has 0 saturated carbocycles. The van der Waals surface area contributed by atoms with Crippen molar-refractivity contribution in [2.45, 2.75) is 20.3 Å². The van der Waals surface area contributed by atoms with Crippen LogP contribution in [0.25, 0.3) is 0 Å². The lowest BCUT2D eigenvalue weighted by Gasteiger charge is -2.13. The van der Waals surface area contributed by atoms with Gasteiger partial charge < -0.3 is 14.2 Å². The lowest BCUT2D eigenvalue weighted by molar-refractivity contribution is 0.0507. The molecule has 0 saturated heterocycles. The first-order chi connectivity index (χ1) is 15.0. The molecular formula is C26H26O5. The molecular weight excluding hydrogens is 392 g/mol. The van der Waals surface area contributed by atoms with Gasteiger partial charge in [0, 0.05) is 6.42 Å². The molecule has 0 radical (unpaired) electrons. The minimum absolute atomic E-state index is 0.265. The molecule has 0 unspecified atom stereocenters. The molecule has 0 fully saturated rings. The van der Waals surface area contributed by atoms with Crippen LogP contribution in [0, 0.1) is 5.92 Å². The van der Waals surface area contributed by atoms with E-state index >= 15 is 0 Å². The fourth-order valence-corrected chi connectivity index (χ4v) is 2.86. The third-order valence-electron chi connectivity index (χ3n) is 4.43. The van der Waals surface area contributed by atoms with E-state index in [-0.39, 0.29) is 12.4 Å². The van der Waals surface area contributed by atoms with Gasteiger partial charge in [-0.3, -0.25) is 0 Å². The van der Waals surface area contributed by atoms with Crippen molar-refractivity contribution in [1.82, 2.24) is 0 Å². The normalized spacial score (nSPS) is 10.5. The average Bonchev–Trinajstić information content (AvgIpc) is 2.78. The van der Waals surface area contributed by atoms with Crippen molar-refractivity contribution in [2.75, 3.05) is 13.2 Å². The third-order valence-corrected chi connectivity index (χ3v) is 4.43. The molecule has 3 rings (SSSR count). The molecule has 0 heterocycles. The van der Waals surface area contributed by atoms with Gasteiger partial charge in [0.2, 0.25) is 0 Å². The summed E-state index contributed by atoms with van der Waals surface area (Å²) in [5, 5.41) is 0. The molecule has 0 aliphatic rings. The van der Waals surface area contributed by atoms with Crippen molar-refractivity contribution in [1.29, 1.82) is 0 Å². The monoisotopic (exact) mass is 418 g/mol. The van der Waals surface area contributed by atoms with Crippen LogP contribution in [0.3, 0.4) is 0 Å². The maximum absolute atomic E-state index is 12.7. The van der Waals surface area contributed by atoms with E-state index in [1.54, 1.807) is 42.5 Å². The predicted octanol–water partition coefficient (Wildman–Crippen LogP) is 5.34. The Kier molecular flexibility index (Phi) is 7.82. The zero-order valence-corrected chi connectivity index (χ0v) is 17.7. The summed E-state index contributed by atoms with van der Waals surface area (Å²) < 4.78 is 16.6. The minimum atomic E-state index is -0.547. The van der Waals surface area contributed by atoms with Gasteiger partial charge in [-0.05, 0) is 41.8 Å². The van der Waals surface area contributed by atoms with Crippen molar-refractivity contribution in [3.05, 3.63) is 95.6 Å². The average molecular weight is 418 g/mol. The summed E-state index contributed by atoms with van der Waals surface area (Å²) in [6, 6.07) is 23.1. The summed E-state index contributed by atoms with van der Waals surface area (Å²) in [5.74, 6) is 0.0518. The lowest BCUT2D eigenvalue weighted by atomic mass is 10.2. The van der Waals surface area contributed by atoms with Gasteiger partial charge in [0.25, 0.3) is 0 Å². The molecule has 3 aromatic rings. The van der Waals surface area contributed by atoms with Crippen LogP contribution in [0.4, 0.5) is 0 Å². The summed E-state index contributed by atoms with van der Waals surface area (Å²) in [5.41, 5.74) is 1.75. The Labute approximate surface area is 182 Å². The molecule has 31 heavy (non-hydrogen) atoms. The highest BCUT2D eigenvalue weighted by atomic mass is 16.5. The molecule has 0 amide bonds. The number of hydrogen-bond donors (Lipinski definition) is 0. The quantitative estimate of drug-likeness (QED) is 0.347. The second kappa shape index (κ2) is 11.0. The molecule has 0 aliphatic carbocycles. The van der Waals surface area contributed by atoms with Crippen molar-refractivity contribution < 1.29 is 23.8 Å². The van der Waals surface area contributed by atoms with Gasteiger partial charge in [0.1, 0.15) is 17.1 Å². The van der Waals surface area contributed by atoms with Crippen LogP contribution in [0.1, 0.15) is 40.1 Å². The number of hydrogen-bond acceptors (Lipinski definition) is 5. The van der Waals surface area contributed by atoms with Gasteiger partial charge in [-0.15, -0.1) is 0 Å². The van der Waals surface area contributed by atoms with Crippen LogP contribution in [0.5, 0.6) is 11.5 Å². The number of rotatable bonds is 9. The Bertz CT molecular complexity index is 1010. The zero-order chi connectivity index (χ0) is 22.1. The standard InChI is InChI=1S/C26H26O5/c1-19(2)18-30-24-14-7-6-13-23(24)26(28)31-22-12-8-11-21(17-22)25(27)29-16-15-20-9-4-3-5-10-20/h3-14,17,19H,15-16,18H2,1-2H3. The van der Waals surface area contributed by atoms with Gasteiger partial charge in [0.05, 0.1) is 18.8 Å². The molecule has 5 heteroatoms. The van der Waals surface area contributed by atoms with Crippen LogP contribution >= 0.6 is 0 Å². The van der Waals surface area contributed by atoms with Gasteiger partial charge >= 0.3 is 11.9 Å². The summed E-state index contributed by atoms with van der Waals surface area (Å²) in [6.07, 6.45) is 0.633. The lowest BCUT2D eigenvalue weighted by Crippen LogP contribution is -2.13. The molecule has 0 spiro atoms. The first-order valence-electron chi connectivity index (χ1n) is 10.3. The first-order valence-corrected chi connectivity index (χ1v) is 10.3. The summed E-state index contributed by atoms with van der Waals surface area (Å²) in [7, 11) is 0. The SMILES string of the molecule is CC(C)COc1ccccc1C(=O)Oc1cccc(C(=O)OCCc2ccccc2)c1. The maximum atomic E-state index is 12.7. The molecule has 0 aromatic heterocycles. The van der Waals surface area contributed by atoms with Gasteiger partial charge in [-0.2, -0.15) is 0 Å². The predicted molar refractivity (Wildman–Crippen MR) is 119 cm³/mol. The summed E-state index contributed by atoms with van der Waals surface area (Å²) in [4.78, 5) is 25.0. The van der Waals surface area contributed by atoms with Crippen LogP contribution < -0.4 is 9.47 Å². The Balaban J connectivity index is 1.61. The Morgan fingerprint density at radius 3 is 2.35 bits per heavy atom. The zero-order valence-electron chi connectivity index (χ0n) is 17.7. The molecule has 0 bridgehead atoms. The second-order valence-electron chi connectivity index (χ2n) is 7.49. The molecule has 160 valence electrons. The number of ether oxygens (including phenoxy) is 3. The van der Waals surface area contributed by atoms with Crippen molar-refractivity contribution in [3.63, 3.8) is 0 Å². The highest BCUT2D eigenvalue weighted by Gasteiger charge is 2.16. The number of benzene rings is 3. The number of esters is 2. The third kappa shape index (κ3) is 6.71. The first kappa shape index (κ1) is 22.1. The largest absolute Gasteiger partial charge is 0.492 e. The molecule has 3 aromatic carbocycles. The number of carbonyl (C=O) groups excluding carboxylic acids is 2. The molecule has 0 atom stereocenters. The summed E-state index contributed by atoms with van der Waals surface area (Å²) in [6.45, 7) is 4.83. The molecule has 0 N–H and O–H groups in total. The van der Waals surface area contributed by atoms with E-state index in [4.69, 9.17) is 14.2 Å². The maximum Gasteiger partial charge on any atom is 0.347 e. The topological polar surface area (TPSA) is 61.8 Å². The summed E-state index contributed by atoms with van der Waals surface area (Å²) >= 11 is 0. The fraction of sp³-hybridized carbons (Fsp3) is 0.231. The van der Waals surface area contributed by atoms with Gasteiger partial charge in [-0.25, -0.2) is 9.59 Å². The highest BCUT2D eigenvalue weighted by Crippen LogP contribution is 2.22. The van der Waals surface area contributed by atoms with Gasteiger partial charge in [-0.1, -0.05) is 62.4 Å². The van der Waals surface area contributed by atoms with E-state index in [0.29, 0.717) is 35.8 Å². The van der Waals surface area contributed by atoms with Crippen molar-refractivity contribution >= 4 is 11.9 Å². The van der Waals surface area contributed by atoms with E-state index in [0.717, 1.165) is 5.56 Å². The Morgan fingerprint density at radius 2 is 1.58 bits per heavy atom. The van der Waals surface area contributed by atoms with E-state index in [9.17, 15) is 9.59 Å². The molecule has 0 aliphatic heterocycles. The Morgan fingerprint density at radius 1 is 0.839 bits per heavy atom. The molecule has 5 nitrogen and oxygen atoms in total. The van der Waals surface area contributed by atoms with Crippen molar-refractivity contribution in [2.24, 2.45) is 5.92 Å². The highest BCUT2D eigenvalue weighted by molar-refractivity contribution is 5.94. The minimum Gasteiger partial charge on any atom is -0.492 e. The van der Waals surface area contributed by atoms with Crippen LogP contribution in [-0.4, -0.2) is 25.2 Å². The van der Waals surface area contributed by atoms with E-state index < -0.39 is 11.9 Å². The van der Waals surface area contributed by atoms with E-state index in [1.165, 1.54) is 6.07 Å². The number of para-hydroxylation sites is 1. The smallest absolute Gasteiger partial charge is 0.347 e. The van der Waals surface area contributed by atoms with Crippen molar-refractivity contribution in [3.8, 4) is 11.5 Å². The number of carbonyl (C=O) groups is 2. The van der Waals surface area contributed by atoms with E-state index in [2.05, 4.69) is 0 Å².